The van der Waals surface area contributed by atoms with Crippen molar-refractivity contribution in [2.75, 3.05) is 11.9 Å². The van der Waals surface area contributed by atoms with Gasteiger partial charge in [0.05, 0.1) is 5.52 Å². The highest BCUT2D eigenvalue weighted by molar-refractivity contribution is 5.85. The van der Waals surface area contributed by atoms with Gasteiger partial charge in [-0.25, -0.2) is 4.98 Å². The minimum absolute atomic E-state index is 0.925. The maximum atomic E-state index is 4.87. The number of nitrogens with zero attached hydrogens (tertiary/aromatic N) is 1. The summed E-state index contributed by atoms with van der Waals surface area (Å²) in [7, 11) is 0. The molecule has 0 radical (unpaired) electrons. The van der Waals surface area contributed by atoms with Crippen molar-refractivity contribution in [2.24, 2.45) is 0 Å². The van der Waals surface area contributed by atoms with E-state index < -0.39 is 0 Å². The van der Waals surface area contributed by atoms with E-state index in [9.17, 15) is 0 Å². The summed E-state index contributed by atoms with van der Waals surface area (Å²) in [6.45, 7) is 5.17. The average molecular weight is 240 g/mol. The molecule has 94 valence electrons. The van der Waals surface area contributed by atoms with Gasteiger partial charge < -0.3 is 5.32 Å². The second-order valence-corrected chi connectivity index (χ2v) is 5.17. The molecule has 3 rings (SSSR count). The van der Waals surface area contributed by atoms with Crippen molar-refractivity contribution in [3.63, 3.8) is 0 Å². The fourth-order valence-corrected chi connectivity index (χ4v) is 2.92. The summed E-state index contributed by atoms with van der Waals surface area (Å²) in [6, 6.07) is 6.79. The van der Waals surface area contributed by atoms with Crippen LogP contribution in [-0.2, 0) is 12.8 Å². The number of anilines is 1. The Kier molecular flexibility index (Phi) is 2.94. The third-order valence-electron chi connectivity index (χ3n) is 3.85. The molecule has 1 aliphatic carbocycles. The fraction of sp³-hybridized carbons (Fsp3) is 0.438. The molecule has 0 fully saturated rings. The van der Waals surface area contributed by atoms with Crippen molar-refractivity contribution in [3.05, 3.63) is 34.9 Å². The van der Waals surface area contributed by atoms with Gasteiger partial charge in [-0.2, -0.15) is 0 Å². The first kappa shape index (κ1) is 11.5. The van der Waals surface area contributed by atoms with Gasteiger partial charge in [-0.15, -0.1) is 0 Å². The van der Waals surface area contributed by atoms with E-state index in [-0.39, 0.29) is 0 Å². The number of aromatic nitrogens is 1. The average Bonchev–Trinajstić information content (AvgIpc) is 2.40. The van der Waals surface area contributed by atoms with Crippen LogP contribution in [-0.4, -0.2) is 11.5 Å². The molecular formula is C16H20N2. The molecule has 0 aliphatic heterocycles. The van der Waals surface area contributed by atoms with E-state index in [4.69, 9.17) is 4.98 Å². The van der Waals surface area contributed by atoms with Crippen LogP contribution in [0.15, 0.2) is 18.2 Å². The van der Waals surface area contributed by atoms with Crippen LogP contribution < -0.4 is 5.32 Å². The Balaban J connectivity index is 2.22. The highest BCUT2D eigenvalue weighted by Gasteiger charge is 2.14. The van der Waals surface area contributed by atoms with Gasteiger partial charge in [0.15, 0.2) is 0 Å². The second-order valence-electron chi connectivity index (χ2n) is 5.17. The van der Waals surface area contributed by atoms with E-state index in [1.165, 1.54) is 53.3 Å². The summed E-state index contributed by atoms with van der Waals surface area (Å²) < 4.78 is 0. The maximum Gasteiger partial charge on any atom is 0.129 e. The van der Waals surface area contributed by atoms with Crippen molar-refractivity contribution in [3.8, 4) is 0 Å². The van der Waals surface area contributed by atoms with Crippen molar-refractivity contribution >= 4 is 16.7 Å². The Morgan fingerprint density at radius 1 is 1.22 bits per heavy atom. The van der Waals surface area contributed by atoms with E-state index in [2.05, 4.69) is 37.4 Å². The topological polar surface area (TPSA) is 24.9 Å². The Bertz CT molecular complexity index is 587. The van der Waals surface area contributed by atoms with Gasteiger partial charge in [0, 0.05) is 11.9 Å². The molecule has 0 atom stereocenters. The Morgan fingerprint density at radius 3 is 2.89 bits per heavy atom. The van der Waals surface area contributed by atoms with Gasteiger partial charge in [0.2, 0.25) is 0 Å². The summed E-state index contributed by atoms with van der Waals surface area (Å²) in [5.41, 5.74) is 5.44. The number of hydrogen-bond donors (Lipinski definition) is 1. The number of nitrogens with one attached hydrogen (secondary N) is 1. The quantitative estimate of drug-likeness (QED) is 0.862. The molecule has 0 spiro atoms. The molecule has 2 heteroatoms. The zero-order chi connectivity index (χ0) is 12.5. The molecule has 2 aromatic rings. The molecule has 0 unspecified atom stereocenters. The molecule has 18 heavy (non-hydrogen) atoms. The van der Waals surface area contributed by atoms with Gasteiger partial charge >= 0.3 is 0 Å². The molecule has 1 aliphatic rings. The van der Waals surface area contributed by atoms with Crippen LogP contribution in [0.1, 0.15) is 36.5 Å². The standard InChI is InChI=1S/C16H20N2/c1-3-17-16-11(2)10-13-9-8-12-6-4-5-7-14(12)15(13)18-16/h8-10H,3-7H2,1-2H3,(H,17,18). The molecule has 1 aromatic carbocycles. The smallest absolute Gasteiger partial charge is 0.129 e. The Labute approximate surface area is 108 Å². The second kappa shape index (κ2) is 4.60. The number of hydrogen-bond acceptors (Lipinski definition) is 2. The van der Waals surface area contributed by atoms with E-state index in [0.29, 0.717) is 0 Å². The lowest BCUT2D eigenvalue weighted by atomic mass is 9.89. The van der Waals surface area contributed by atoms with Crippen LogP contribution >= 0.6 is 0 Å². The van der Waals surface area contributed by atoms with Crippen molar-refractivity contribution < 1.29 is 0 Å². The fourth-order valence-electron chi connectivity index (χ4n) is 2.92. The first-order chi connectivity index (χ1) is 8.79. The molecule has 1 heterocycles. The summed E-state index contributed by atoms with van der Waals surface area (Å²) >= 11 is 0. The normalized spacial score (nSPS) is 14.6. The largest absolute Gasteiger partial charge is 0.370 e. The first-order valence-corrected chi connectivity index (χ1v) is 6.95. The minimum Gasteiger partial charge on any atom is -0.370 e. The lowest BCUT2D eigenvalue weighted by molar-refractivity contribution is 0.689. The van der Waals surface area contributed by atoms with E-state index in [1.807, 2.05) is 0 Å². The van der Waals surface area contributed by atoms with E-state index in [0.717, 1.165) is 12.4 Å². The summed E-state index contributed by atoms with van der Waals surface area (Å²) in [5.74, 6) is 1.05. The number of rotatable bonds is 2. The third kappa shape index (κ3) is 1.86. The number of fused-ring (bicyclic) bond motifs is 3. The third-order valence-corrected chi connectivity index (χ3v) is 3.85. The lowest BCUT2D eigenvalue weighted by Crippen LogP contribution is -2.06. The van der Waals surface area contributed by atoms with Crippen LogP contribution in [0.4, 0.5) is 5.82 Å². The summed E-state index contributed by atoms with van der Waals surface area (Å²) in [4.78, 5) is 4.87. The number of aryl methyl sites for hydroxylation is 3. The van der Waals surface area contributed by atoms with Gasteiger partial charge in [0.1, 0.15) is 5.82 Å². The van der Waals surface area contributed by atoms with Crippen molar-refractivity contribution in [1.29, 1.82) is 0 Å². The monoisotopic (exact) mass is 240 g/mol. The van der Waals surface area contributed by atoms with E-state index >= 15 is 0 Å². The summed E-state index contributed by atoms with van der Waals surface area (Å²) in [6.07, 6.45) is 5.04. The molecule has 0 saturated heterocycles. The molecule has 1 N–H and O–H groups in total. The minimum atomic E-state index is 0.925. The highest BCUT2D eigenvalue weighted by Crippen LogP contribution is 2.30. The zero-order valence-corrected chi connectivity index (χ0v) is 11.2. The van der Waals surface area contributed by atoms with E-state index in [1.54, 1.807) is 0 Å². The van der Waals surface area contributed by atoms with Crippen LogP contribution in [0.2, 0.25) is 0 Å². The highest BCUT2D eigenvalue weighted by atomic mass is 15.0. The SMILES string of the molecule is CCNc1nc2c3c(ccc2cc1C)CCCC3. The number of pyridine rings is 1. The lowest BCUT2D eigenvalue weighted by Gasteiger charge is -2.18. The Morgan fingerprint density at radius 2 is 2.06 bits per heavy atom. The number of benzene rings is 1. The van der Waals surface area contributed by atoms with Crippen LogP contribution in [0, 0.1) is 6.92 Å². The van der Waals surface area contributed by atoms with Crippen molar-refractivity contribution in [2.45, 2.75) is 39.5 Å². The predicted molar refractivity (Wildman–Crippen MR) is 77.3 cm³/mol. The van der Waals surface area contributed by atoms with Crippen LogP contribution in [0.3, 0.4) is 0 Å². The molecule has 1 aromatic heterocycles. The van der Waals surface area contributed by atoms with Gasteiger partial charge in [-0.3, -0.25) is 0 Å². The molecule has 2 nitrogen and oxygen atoms in total. The molecule has 0 saturated carbocycles. The summed E-state index contributed by atoms with van der Waals surface area (Å²) in [5, 5.41) is 4.65. The maximum absolute atomic E-state index is 4.87. The van der Waals surface area contributed by atoms with Crippen LogP contribution in [0.5, 0.6) is 0 Å². The zero-order valence-electron chi connectivity index (χ0n) is 11.2. The van der Waals surface area contributed by atoms with Crippen molar-refractivity contribution in [1.82, 2.24) is 4.98 Å². The van der Waals surface area contributed by atoms with Gasteiger partial charge in [-0.05, 0) is 62.3 Å². The van der Waals surface area contributed by atoms with Gasteiger partial charge in [0.25, 0.3) is 0 Å². The predicted octanol–water partition coefficient (Wildman–Crippen LogP) is 3.85. The van der Waals surface area contributed by atoms with Gasteiger partial charge in [-0.1, -0.05) is 12.1 Å². The molecular weight excluding hydrogens is 220 g/mol. The first-order valence-electron chi connectivity index (χ1n) is 6.95. The molecule has 0 bridgehead atoms. The van der Waals surface area contributed by atoms with Crippen LogP contribution in [0.25, 0.3) is 10.9 Å². The molecule has 0 amide bonds. The Hall–Kier alpha value is -1.57.